The smallest absolute Gasteiger partial charge is 0.303 e. The van der Waals surface area contributed by atoms with E-state index in [-0.39, 0.29) is 30.3 Å². The van der Waals surface area contributed by atoms with Gasteiger partial charge in [-0.25, -0.2) is 12.8 Å². The van der Waals surface area contributed by atoms with E-state index >= 15 is 0 Å². The van der Waals surface area contributed by atoms with Gasteiger partial charge in [0.25, 0.3) is 0 Å². The van der Waals surface area contributed by atoms with Gasteiger partial charge >= 0.3 is 5.97 Å². The van der Waals surface area contributed by atoms with E-state index in [1.807, 2.05) is 0 Å². The lowest BCUT2D eigenvalue weighted by Crippen LogP contribution is -2.39. The Labute approximate surface area is 117 Å². The lowest BCUT2D eigenvalue weighted by atomic mass is 9.95. The summed E-state index contributed by atoms with van der Waals surface area (Å²) in [5.74, 6) is -1.65. The third kappa shape index (κ3) is 3.16. The van der Waals surface area contributed by atoms with Gasteiger partial charge in [0, 0.05) is 19.5 Å². The summed E-state index contributed by atoms with van der Waals surface area (Å²) in [4.78, 5) is 10.3. The third-order valence-corrected chi connectivity index (χ3v) is 5.42. The fourth-order valence-corrected chi connectivity index (χ4v) is 3.93. The van der Waals surface area contributed by atoms with Crippen LogP contribution in [-0.4, -0.2) is 36.9 Å². The standard InChI is InChI=1S/C13H16FNO4S/c14-11-3-1-2-4-12(11)20(18,19)15-7-5-10(6-8-15)9-13(16)17/h1-4,10H,5-9H2,(H,16,17). The molecule has 1 aromatic rings. The molecule has 0 atom stereocenters. The number of carboxylic acids is 1. The Morgan fingerprint density at radius 2 is 1.90 bits per heavy atom. The van der Waals surface area contributed by atoms with Gasteiger partial charge in [0.15, 0.2) is 0 Å². The summed E-state index contributed by atoms with van der Waals surface area (Å²) in [6.07, 6.45) is 1.02. The van der Waals surface area contributed by atoms with Crippen LogP contribution < -0.4 is 0 Å². The van der Waals surface area contributed by atoms with Crippen molar-refractivity contribution < 1.29 is 22.7 Å². The van der Waals surface area contributed by atoms with Crippen LogP contribution in [0, 0.1) is 11.7 Å². The zero-order valence-corrected chi connectivity index (χ0v) is 11.6. The van der Waals surface area contributed by atoms with Gasteiger partial charge in [0.1, 0.15) is 10.7 Å². The average molecular weight is 301 g/mol. The Balaban J connectivity index is 2.10. The Morgan fingerprint density at radius 3 is 2.45 bits per heavy atom. The van der Waals surface area contributed by atoms with E-state index < -0.39 is 21.8 Å². The minimum Gasteiger partial charge on any atom is -0.481 e. The first-order valence-electron chi connectivity index (χ1n) is 6.37. The highest BCUT2D eigenvalue weighted by atomic mass is 32.2. The molecule has 1 aliphatic rings. The summed E-state index contributed by atoms with van der Waals surface area (Å²) in [6.45, 7) is 0.462. The number of hydrogen-bond acceptors (Lipinski definition) is 3. The number of carboxylic acid groups (broad SMARTS) is 1. The van der Waals surface area contributed by atoms with Crippen LogP contribution in [0.5, 0.6) is 0 Å². The zero-order valence-electron chi connectivity index (χ0n) is 10.8. The van der Waals surface area contributed by atoms with Crippen molar-refractivity contribution in [3.05, 3.63) is 30.1 Å². The lowest BCUT2D eigenvalue weighted by Gasteiger charge is -2.30. The molecular formula is C13H16FNO4S. The number of aliphatic carboxylic acids is 1. The molecule has 110 valence electrons. The van der Waals surface area contributed by atoms with E-state index in [1.165, 1.54) is 22.5 Å². The van der Waals surface area contributed by atoms with E-state index in [4.69, 9.17) is 5.11 Å². The number of halogens is 1. The quantitative estimate of drug-likeness (QED) is 0.918. The van der Waals surface area contributed by atoms with Gasteiger partial charge < -0.3 is 5.11 Å². The summed E-state index contributed by atoms with van der Waals surface area (Å²) in [5, 5.41) is 8.72. The van der Waals surface area contributed by atoms with Crippen LogP contribution in [0.2, 0.25) is 0 Å². The first kappa shape index (κ1) is 14.9. The van der Waals surface area contributed by atoms with Crippen LogP contribution in [-0.2, 0) is 14.8 Å². The molecule has 0 amide bonds. The molecule has 7 heteroatoms. The Hall–Kier alpha value is -1.47. The predicted molar refractivity (Wildman–Crippen MR) is 70.1 cm³/mol. The molecular weight excluding hydrogens is 285 g/mol. The summed E-state index contributed by atoms with van der Waals surface area (Å²) < 4.78 is 39.4. The first-order chi connectivity index (χ1) is 9.41. The van der Waals surface area contributed by atoms with Crippen LogP contribution in [0.15, 0.2) is 29.2 Å². The van der Waals surface area contributed by atoms with E-state index in [0.29, 0.717) is 12.8 Å². The van der Waals surface area contributed by atoms with Crippen molar-refractivity contribution in [1.82, 2.24) is 4.31 Å². The van der Waals surface area contributed by atoms with Gasteiger partial charge in [-0.05, 0) is 30.9 Å². The molecule has 1 aromatic carbocycles. The van der Waals surface area contributed by atoms with Gasteiger partial charge in [-0.3, -0.25) is 4.79 Å². The molecule has 0 bridgehead atoms. The molecule has 5 nitrogen and oxygen atoms in total. The highest BCUT2D eigenvalue weighted by Crippen LogP contribution is 2.26. The molecule has 0 aliphatic carbocycles. The fourth-order valence-electron chi connectivity index (χ4n) is 2.39. The van der Waals surface area contributed by atoms with Crippen molar-refractivity contribution in [3.63, 3.8) is 0 Å². The molecule has 1 N–H and O–H groups in total. The zero-order chi connectivity index (χ0) is 14.8. The van der Waals surface area contributed by atoms with Crippen molar-refractivity contribution in [2.75, 3.05) is 13.1 Å². The van der Waals surface area contributed by atoms with Gasteiger partial charge in [-0.15, -0.1) is 0 Å². The maximum absolute atomic E-state index is 13.6. The minimum atomic E-state index is -3.83. The Morgan fingerprint density at radius 1 is 1.30 bits per heavy atom. The number of hydrogen-bond donors (Lipinski definition) is 1. The molecule has 1 fully saturated rings. The second-order valence-electron chi connectivity index (χ2n) is 4.88. The topological polar surface area (TPSA) is 74.7 Å². The van der Waals surface area contributed by atoms with E-state index in [2.05, 4.69) is 0 Å². The molecule has 1 heterocycles. The molecule has 0 saturated carbocycles. The second kappa shape index (κ2) is 5.88. The molecule has 2 rings (SSSR count). The number of piperidine rings is 1. The second-order valence-corrected chi connectivity index (χ2v) is 6.78. The molecule has 0 aromatic heterocycles. The molecule has 0 spiro atoms. The van der Waals surface area contributed by atoms with Crippen LogP contribution in [0.4, 0.5) is 4.39 Å². The lowest BCUT2D eigenvalue weighted by molar-refractivity contribution is -0.138. The van der Waals surface area contributed by atoms with Crippen molar-refractivity contribution >= 4 is 16.0 Å². The molecule has 1 aliphatic heterocycles. The summed E-state index contributed by atoms with van der Waals surface area (Å²) in [7, 11) is -3.83. The van der Waals surface area contributed by atoms with Gasteiger partial charge in [-0.1, -0.05) is 12.1 Å². The van der Waals surface area contributed by atoms with Crippen LogP contribution in [0.1, 0.15) is 19.3 Å². The maximum atomic E-state index is 13.6. The highest BCUT2D eigenvalue weighted by molar-refractivity contribution is 7.89. The van der Waals surface area contributed by atoms with Gasteiger partial charge in [0.2, 0.25) is 10.0 Å². The number of nitrogens with zero attached hydrogens (tertiary/aromatic N) is 1. The predicted octanol–water partition coefficient (Wildman–Crippen LogP) is 1.70. The minimum absolute atomic E-state index is 0.0143. The van der Waals surface area contributed by atoms with Crippen molar-refractivity contribution in [2.45, 2.75) is 24.2 Å². The van der Waals surface area contributed by atoms with E-state index in [9.17, 15) is 17.6 Å². The van der Waals surface area contributed by atoms with Crippen LogP contribution in [0.25, 0.3) is 0 Å². The van der Waals surface area contributed by atoms with Gasteiger partial charge in [0.05, 0.1) is 0 Å². The van der Waals surface area contributed by atoms with Gasteiger partial charge in [-0.2, -0.15) is 4.31 Å². The van der Waals surface area contributed by atoms with E-state index in [0.717, 1.165) is 6.07 Å². The maximum Gasteiger partial charge on any atom is 0.303 e. The summed E-state index contributed by atoms with van der Waals surface area (Å²) in [5.41, 5.74) is 0. The molecule has 20 heavy (non-hydrogen) atoms. The van der Waals surface area contributed by atoms with Crippen molar-refractivity contribution in [1.29, 1.82) is 0 Å². The monoisotopic (exact) mass is 301 g/mol. The number of carbonyl (C=O) groups is 1. The number of benzene rings is 1. The Bertz CT molecular complexity index is 594. The number of sulfonamides is 1. The molecule has 0 radical (unpaired) electrons. The normalized spacial score (nSPS) is 18.1. The molecule has 0 unspecified atom stereocenters. The summed E-state index contributed by atoms with van der Waals surface area (Å²) in [6, 6.07) is 5.28. The van der Waals surface area contributed by atoms with Crippen LogP contribution >= 0.6 is 0 Å². The van der Waals surface area contributed by atoms with Crippen molar-refractivity contribution in [2.24, 2.45) is 5.92 Å². The first-order valence-corrected chi connectivity index (χ1v) is 7.81. The SMILES string of the molecule is O=C(O)CC1CCN(S(=O)(=O)c2ccccc2F)CC1. The summed E-state index contributed by atoms with van der Waals surface area (Å²) >= 11 is 0. The van der Waals surface area contributed by atoms with Crippen molar-refractivity contribution in [3.8, 4) is 0 Å². The number of rotatable bonds is 4. The highest BCUT2D eigenvalue weighted by Gasteiger charge is 2.31. The fraction of sp³-hybridized carbons (Fsp3) is 0.462. The van der Waals surface area contributed by atoms with Crippen LogP contribution in [0.3, 0.4) is 0 Å². The third-order valence-electron chi connectivity index (χ3n) is 3.49. The molecule has 1 saturated heterocycles. The average Bonchev–Trinajstić information content (AvgIpc) is 2.39. The Kier molecular flexibility index (Phi) is 4.39. The van der Waals surface area contributed by atoms with E-state index in [1.54, 1.807) is 0 Å². The largest absolute Gasteiger partial charge is 0.481 e.